The van der Waals surface area contributed by atoms with Crippen LogP contribution in [0.3, 0.4) is 0 Å². The van der Waals surface area contributed by atoms with Crippen LogP contribution in [0.1, 0.15) is 12.0 Å². The van der Waals surface area contributed by atoms with E-state index in [2.05, 4.69) is 0 Å². The third-order valence-corrected chi connectivity index (χ3v) is 3.24. The number of hydrogen-bond donors (Lipinski definition) is 0. The van der Waals surface area contributed by atoms with Crippen LogP contribution < -0.4 is 9.47 Å². The van der Waals surface area contributed by atoms with Crippen molar-refractivity contribution in [2.75, 3.05) is 14.2 Å². The largest absolute Gasteiger partial charge is 0.495 e. The van der Waals surface area contributed by atoms with Gasteiger partial charge in [0.15, 0.2) is 0 Å². The van der Waals surface area contributed by atoms with E-state index in [-0.39, 0.29) is 22.0 Å². The molecular weight excluding hydrogens is 301 g/mol. The smallest absolute Gasteiger partial charge is 0.141 e. The summed E-state index contributed by atoms with van der Waals surface area (Å²) in [5, 5.41) is 9.14. The van der Waals surface area contributed by atoms with Crippen molar-refractivity contribution in [3.63, 3.8) is 0 Å². The molecule has 0 bridgehead atoms. The molecule has 0 unspecified atom stereocenters. The molecule has 1 aromatic rings. The second-order valence-electron chi connectivity index (χ2n) is 3.62. The summed E-state index contributed by atoms with van der Waals surface area (Å²) in [5.74, 6) is 2.46. The molecule has 0 aliphatic rings. The first-order valence-electron chi connectivity index (χ1n) is 5.48. The Hall–Kier alpha value is -1.92. The number of benzene rings is 1. The van der Waals surface area contributed by atoms with Crippen molar-refractivity contribution in [3.05, 3.63) is 33.3 Å². The van der Waals surface area contributed by atoms with E-state index in [1.54, 1.807) is 12.0 Å². The molecule has 0 aliphatic carbocycles. The van der Waals surface area contributed by atoms with Crippen molar-refractivity contribution in [1.82, 2.24) is 0 Å². The molecule has 0 saturated carbocycles. The molecule has 20 heavy (non-hydrogen) atoms. The molecule has 1 rings (SSSR count). The fourth-order valence-corrected chi connectivity index (χ4v) is 2.08. The van der Waals surface area contributed by atoms with Gasteiger partial charge in [0.05, 0.1) is 42.3 Å². The van der Waals surface area contributed by atoms with Gasteiger partial charge in [-0.2, -0.15) is 5.26 Å². The minimum absolute atomic E-state index is 0.0453. The van der Waals surface area contributed by atoms with Gasteiger partial charge in [-0.05, 0) is 6.08 Å². The highest BCUT2D eigenvalue weighted by Crippen LogP contribution is 2.41. The molecule has 0 amide bonds. The molecule has 6 heteroatoms. The van der Waals surface area contributed by atoms with Crippen LogP contribution >= 0.6 is 23.2 Å². The lowest BCUT2D eigenvalue weighted by atomic mass is 10.1. The Morgan fingerprint density at radius 3 is 2.25 bits per heavy atom. The number of ether oxygens (including phenoxy) is 2. The molecule has 104 valence electrons. The SMILES string of the molecule is COc1cc(OC)c(Cl)c(C=CC(=C=O)CC#N)c1Cl. The molecule has 0 radical (unpaired) electrons. The predicted octanol–water partition coefficient (Wildman–Crippen LogP) is 3.70. The van der Waals surface area contributed by atoms with Crippen molar-refractivity contribution >= 4 is 35.2 Å². The van der Waals surface area contributed by atoms with Crippen LogP contribution in [-0.4, -0.2) is 20.2 Å². The van der Waals surface area contributed by atoms with Gasteiger partial charge in [0.25, 0.3) is 0 Å². The minimum atomic E-state index is -0.0453. The van der Waals surface area contributed by atoms with E-state index in [0.717, 1.165) is 0 Å². The van der Waals surface area contributed by atoms with E-state index in [9.17, 15) is 4.79 Å². The second kappa shape index (κ2) is 7.62. The quantitative estimate of drug-likeness (QED) is 0.614. The Balaban J connectivity index is 3.34. The number of hydrogen-bond acceptors (Lipinski definition) is 4. The van der Waals surface area contributed by atoms with Gasteiger partial charge in [-0.15, -0.1) is 0 Å². The fourth-order valence-electron chi connectivity index (χ4n) is 1.45. The van der Waals surface area contributed by atoms with Crippen molar-refractivity contribution in [1.29, 1.82) is 5.26 Å². The van der Waals surface area contributed by atoms with E-state index in [0.29, 0.717) is 17.1 Å². The van der Waals surface area contributed by atoms with Crippen molar-refractivity contribution in [2.45, 2.75) is 6.42 Å². The van der Waals surface area contributed by atoms with Crippen LogP contribution in [0.2, 0.25) is 10.0 Å². The molecule has 1 aromatic carbocycles. The van der Waals surface area contributed by atoms with Gasteiger partial charge in [0, 0.05) is 11.6 Å². The molecule has 0 saturated heterocycles. The van der Waals surface area contributed by atoms with Crippen LogP contribution in [0.5, 0.6) is 11.5 Å². The van der Waals surface area contributed by atoms with Crippen molar-refractivity contribution in [3.8, 4) is 17.6 Å². The monoisotopic (exact) mass is 311 g/mol. The zero-order valence-electron chi connectivity index (χ0n) is 10.9. The maximum atomic E-state index is 10.7. The molecule has 0 atom stereocenters. The first kappa shape index (κ1) is 16.1. The number of nitriles is 1. The summed E-state index contributed by atoms with van der Waals surface area (Å²) in [4.78, 5) is 10.7. The Morgan fingerprint density at radius 2 is 1.85 bits per heavy atom. The summed E-state index contributed by atoms with van der Waals surface area (Å²) in [6, 6.07) is 3.43. The first-order chi connectivity index (χ1) is 9.58. The van der Waals surface area contributed by atoms with Crippen LogP contribution in [-0.2, 0) is 4.79 Å². The van der Waals surface area contributed by atoms with Gasteiger partial charge in [0.2, 0.25) is 0 Å². The van der Waals surface area contributed by atoms with Crippen molar-refractivity contribution < 1.29 is 14.3 Å². The van der Waals surface area contributed by atoms with Gasteiger partial charge >= 0.3 is 0 Å². The molecule has 4 nitrogen and oxygen atoms in total. The van der Waals surface area contributed by atoms with E-state index in [1.807, 2.05) is 6.07 Å². The number of rotatable bonds is 5. The normalized spacial score (nSPS) is 9.95. The number of methoxy groups -OCH3 is 2. The van der Waals surface area contributed by atoms with E-state index in [1.165, 1.54) is 26.4 Å². The average molecular weight is 312 g/mol. The maximum absolute atomic E-state index is 10.7. The van der Waals surface area contributed by atoms with E-state index < -0.39 is 0 Å². The van der Waals surface area contributed by atoms with Crippen LogP contribution in [0.25, 0.3) is 6.08 Å². The van der Waals surface area contributed by atoms with Crippen molar-refractivity contribution in [2.24, 2.45) is 0 Å². The molecule has 0 heterocycles. The lowest BCUT2D eigenvalue weighted by Gasteiger charge is -2.12. The Morgan fingerprint density at radius 1 is 1.30 bits per heavy atom. The number of halogens is 2. The Bertz CT molecular complexity index is 598. The average Bonchev–Trinajstić information content (AvgIpc) is 2.46. The predicted molar refractivity (Wildman–Crippen MR) is 78.0 cm³/mol. The first-order valence-corrected chi connectivity index (χ1v) is 6.23. The third-order valence-electron chi connectivity index (χ3n) is 2.46. The summed E-state index contributed by atoms with van der Waals surface area (Å²) in [6.07, 6.45) is 2.91. The van der Waals surface area contributed by atoms with Gasteiger partial charge in [-0.25, -0.2) is 4.79 Å². The highest BCUT2D eigenvalue weighted by Gasteiger charge is 2.15. The lowest BCUT2D eigenvalue weighted by molar-refractivity contribution is 0.394. The Labute approximate surface area is 126 Å². The number of carbonyl (C=O) groups excluding carboxylic acids is 1. The van der Waals surface area contributed by atoms with Gasteiger partial charge in [0.1, 0.15) is 17.4 Å². The third kappa shape index (κ3) is 3.55. The standard InChI is InChI=1S/C14H11Cl2NO3/c1-19-11-7-12(20-2)14(16)10(13(11)15)4-3-9(8-18)5-6-17/h3-4,7H,5H2,1-2H3. The zero-order chi connectivity index (χ0) is 15.1. The van der Waals surface area contributed by atoms with E-state index >= 15 is 0 Å². The fraction of sp³-hybridized carbons (Fsp3) is 0.214. The summed E-state index contributed by atoms with van der Waals surface area (Å²) in [5.41, 5.74) is 0.636. The van der Waals surface area contributed by atoms with Gasteiger partial charge < -0.3 is 9.47 Å². The summed E-state index contributed by atoms with van der Waals surface area (Å²) < 4.78 is 10.2. The summed E-state index contributed by atoms with van der Waals surface area (Å²) >= 11 is 12.3. The number of allylic oxidation sites excluding steroid dienone is 2. The maximum Gasteiger partial charge on any atom is 0.141 e. The summed E-state index contributed by atoms with van der Waals surface area (Å²) in [7, 11) is 2.93. The molecular formula is C14H11Cl2NO3. The molecule has 0 N–H and O–H groups in total. The topological polar surface area (TPSA) is 59.3 Å². The van der Waals surface area contributed by atoms with Crippen LogP contribution in [0.15, 0.2) is 17.7 Å². The molecule has 0 spiro atoms. The minimum Gasteiger partial charge on any atom is -0.495 e. The lowest BCUT2D eigenvalue weighted by Crippen LogP contribution is -1.92. The van der Waals surface area contributed by atoms with Gasteiger partial charge in [-0.3, -0.25) is 0 Å². The molecule has 0 aromatic heterocycles. The highest BCUT2D eigenvalue weighted by molar-refractivity contribution is 6.39. The molecule has 0 fully saturated rings. The highest BCUT2D eigenvalue weighted by atomic mass is 35.5. The molecule has 0 aliphatic heterocycles. The van der Waals surface area contributed by atoms with Gasteiger partial charge in [-0.1, -0.05) is 29.3 Å². The number of nitrogens with zero attached hydrogens (tertiary/aromatic N) is 1. The van der Waals surface area contributed by atoms with Crippen LogP contribution in [0, 0.1) is 11.3 Å². The van der Waals surface area contributed by atoms with E-state index in [4.69, 9.17) is 37.9 Å². The second-order valence-corrected chi connectivity index (χ2v) is 4.37. The summed E-state index contributed by atoms with van der Waals surface area (Å²) in [6.45, 7) is 0. The Kier molecular flexibility index (Phi) is 6.14. The van der Waals surface area contributed by atoms with Crippen LogP contribution in [0.4, 0.5) is 0 Å². The zero-order valence-corrected chi connectivity index (χ0v) is 12.4.